The van der Waals surface area contributed by atoms with Gasteiger partial charge in [0.1, 0.15) is 17.8 Å². The van der Waals surface area contributed by atoms with Crippen molar-refractivity contribution in [2.24, 2.45) is 0 Å². The molecule has 1 fully saturated rings. The number of carbonyl (C=O) groups is 1. The number of unbranched alkanes of at least 4 members (excludes halogenated alkanes) is 1. The molecule has 1 amide bonds. The molecule has 7 heteroatoms. The van der Waals surface area contributed by atoms with Crippen LogP contribution in [0.1, 0.15) is 23.2 Å². The second-order valence-electron chi connectivity index (χ2n) is 6.86. The summed E-state index contributed by atoms with van der Waals surface area (Å²) >= 11 is 0. The fourth-order valence-corrected chi connectivity index (χ4v) is 3.57. The van der Waals surface area contributed by atoms with Gasteiger partial charge in [-0.1, -0.05) is 12.1 Å². The zero-order chi connectivity index (χ0) is 18.5. The first-order valence-electron chi connectivity index (χ1n) is 9.51. The van der Waals surface area contributed by atoms with E-state index in [4.69, 9.17) is 4.74 Å². The highest BCUT2D eigenvalue weighted by molar-refractivity contribution is 5.97. The number of piperazine rings is 1. The van der Waals surface area contributed by atoms with Gasteiger partial charge in [0.05, 0.1) is 11.9 Å². The Morgan fingerprint density at radius 3 is 2.70 bits per heavy atom. The fraction of sp³-hybridized carbons (Fsp3) is 0.400. The van der Waals surface area contributed by atoms with Crippen LogP contribution in [0.5, 0.6) is 5.75 Å². The molecule has 0 spiro atoms. The Morgan fingerprint density at radius 1 is 1.07 bits per heavy atom. The first kappa shape index (κ1) is 17.6. The van der Waals surface area contributed by atoms with E-state index in [0.717, 1.165) is 51.4 Å². The average Bonchev–Trinajstić information content (AvgIpc) is 3.20. The Bertz CT molecular complexity index is 781. The van der Waals surface area contributed by atoms with Gasteiger partial charge in [-0.2, -0.15) is 0 Å². The lowest BCUT2D eigenvalue weighted by Crippen LogP contribution is -2.46. The quantitative estimate of drug-likeness (QED) is 0.794. The summed E-state index contributed by atoms with van der Waals surface area (Å²) in [5.74, 6) is 1.66. The van der Waals surface area contributed by atoms with Crippen molar-refractivity contribution in [3.63, 3.8) is 0 Å². The van der Waals surface area contributed by atoms with E-state index in [-0.39, 0.29) is 5.91 Å². The Kier molecular flexibility index (Phi) is 5.39. The predicted molar refractivity (Wildman–Crippen MR) is 104 cm³/mol. The smallest absolute Gasteiger partial charge is 0.261 e. The number of aromatic nitrogens is 2. The highest BCUT2D eigenvalue weighted by atomic mass is 16.5. The Morgan fingerprint density at radius 2 is 1.89 bits per heavy atom. The zero-order valence-corrected chi connectivity index (χ0v) is 15.4. The number of aromatic amines is 1. The third-order valence-electron chi connectivity index (χ3n) is 5.12. The first-order valence-corrected chi connectivity index (χ1v) is 9.51. The number of hydrogen-bond acceptors (Lipinski definition) is 5. The second kappa shape index (κ2) is 8.26. The molecular formula is C20H25N5O2. The van der Waals surface area contributed by atoms with Crippen LogP contribution < -0.4 is 9.64 Å². The minimum absolute atomic E-state index is 0.00645. The molecular weight excluding hydrogens is 342 g/mol. The molecule has 0 radical (unpaired) electrons. The lowest BCUT2D eigenvalue weighted by molar-refractivity contribution is 0.0820. The predicted octanol–water partition coefficient (Wildman–Crippen LogP) is 2.32. The Labute approximate surface area is 159 Å². The molecule has 2 aliphatic heterocycles. The van der Waals surface area contributed by atoms with Crippen molar-refractivity contribution < 1.29 is 9.53 Å². The maximum atomic E-state index is 12.7. The minimum atomic E-state index is 0.00645. The number of imidazole rings is 1. The zero-order valence-electron chi connectivity index (χ0n) is 15.4. The van der Waals surface area contributed by atoms with Crippen molar-refractivity contribution in [3.8, 4) is 5.75 Å². The van der Waals surface area contributed by atoms with E-state index in [1.165, 1.54) is 0 Å². The molecule has 27 heavy (non-hydrogen) atoms. The van der Waals surface area contributed by atoms with Gasteiger partial charge in [0.15, 0.2) is 0 Å². The summed E-state index contributed by atoms with van der Waals surface area (Å²) in [4.78, 5) is 26.5. The SMILES string of the molecule is O=C1c2ccccc2OC=CN1CCCCN1CCN(c2c[nH]cn2)CC1. The molecule has 0 saturated carbocycles. The van der Waals surface area contributed by atoms with Gasteiger partial charge in [-0.25, -0.2) is 4.98 Å². The highest BCUT2D eigenvalue weighted by Gasteiger charge is 2.21. The van der Waals surface area contributed by atoms with E-state index in [1.54, 1.807) is 23.7 Å². The van der Waals surface area contributed by atoms with E-state index in [1.807, 2.05) is 30.5 Å². The third-order valence-corrected chi connectivity index (χ3v) is 5.12. The molecule has 1 aromatic heterocycles. The van der Waals surface area contributed by atoms with Gasteiger partial charge in [-0.3, -0.25) is 9.69 Å². The van der Waals surface area contributed by atoms with Gasteiger partial charge in [-0.15, -0.1) is 0 Å². The molecule has 7 nitrogen and oxygen atoms in total. The lowest BCUT2D eigenvalue weighted by Gasteiger charge is -2.34. The minimum Gasteiger partial charge on any atom is -0.463 e. The number of para-hydroxylation sites is 1. The number of ether oxygens (including phenoxy) is 1. The molecule has 4 rings (SSSR count). The summed E-state index contributed by atoms with van der Waals surface area (Å²) < 4.78 is 5.53. The molecule has 3 heterocycles. The number of nitrogens with one attached hydrogen (secondary N) is 1. The number of carbonyl (C=O) groups excluding carboxylic acids is 1. The lowest BCUT2D eigenvalue weighted by atomic mass is 10.1. The highest BCUT2D eigenvalue weighted by Crippen LogP contribution is 2.23. The van der Waals surface area contributed by atoms with Crippen LogP contribution in [-0.4, -0.2) is 64.9 Å². The van der Waals surface area contributed by atoms with Crippen LogP contribution in [0.3, 0.4) is 0 Å². The van der Waals surface area contributed by atoms with E-state index in [0.29, 0.717) is 17.9 Å². The largest absolute Gasteiger partial charge is 0.463 e. The molecule has 0 unspecified atom stereocenters. The van der Waals surface area contributed by atoms with Gasteiger partial charge >= 0.3 is 0 Å². The van der Waals surface area contributed by atoms with Crippen LogP contribution in [0, 0.1) is 0 Å². The van der Waals surface area contributed by atoms with Gasteiger partial charge in [0.25, 0.3) is 5.91 Å². The van der Waals surface area contributed by atoms with Crippen molar-refractivity contribution in [2.45, 2.75) is 12.8 Å². The number of anilines is 1. The monoisotopic (exact) mass is 367 g/mol. The maximum absolute atomic E-state index is 12.7. The van der Waals surface area contributed by atoms with Gasteiger partial charge in [0, 0.05) is 45.1 Å². The van der Waals surface area contributed by atoms with Crippen molar-refractivity contribution in [2.75, 3.05) is 44.2 Å². The molecule has 142 valence electrons. The standard InChI is InChI=1S/C20H25N5O2/c26-20-17-5-1-2-6-18(17)27-14-13-25(20)8-4-3-7-23-9-11-24(12-10-23)19-15-21-16-22-19/h1-2,5-6,13-16H,3-4,7-12H2,(H,21,22). The summed E-state index contributed by atoms with van der Waals surface area (Å²) in [6, 6.07) is 7.38. The van der Waals surface area contributed by atoms with Gasteiger partial charge < -0.3 is 19.5 Å². The van der Waals surface area contributed by atoms with E-state index >= 15 is 0 Å². The van der Waals surface area contributed by atoms with Crippen molar-refractivity contribution in [1.82, 2.24) is 19.8 Å². The first-order chi connectivity index (χ1) is 13.3. The number of hydrogen-bond donors (Lipinski definition) is 1. The summed E-state index contributed by atoms with van der Waals surface area (Å²) in [7, 11) is 0. The second-order valence-corrected chi connectivity index (χ2v) is 6.86. The molecule has 1 aromatic carbocycles. The summed E-state index contributed by atoms with van der Waals surface area (Å²) in [5, 5.41) is 0. The number of H-pyrrole nitrogens is 1. The molecule has 2 aromatic rings. The van der Waals surface area contributed by atoms with Crippen molar-refractivity contribution >= 4 is 11.7 Å². The van der Waals surface area contributed by atoms with Crippen LogP contribution in [0.25, 0.3) is 0 Å². The van der Waals surface area contributed by atoms with Crippen LogP contribution in [0.4, 0.5) is 5.82 Å². The third kappa shape index (κ3) is 4.14. The molecule has 0 atom stereocenters. The van der Waals surface area contributed by atoms with E-state index in [2.05, 4.69) is 19.8 Å². The number of nitrogens with zero attached hydrogens (tertiary/aromatic N) is 4. The number of rotatable bonds is 6. The Hall–Kier alpha value is -2.80. The Balaban J connectivity index is 1.20. The van der Waals surface area contributed by atoms with E-state index in [9.17, 15) is 4.79 Å². The molecule has 2 aliphatic rings. The molecule has 0 bridgehead atoms. The number of amides is 1. The fourth-order valence-electron chi connectivity index (χ4n) is 3.57. The van der Waals surface area contributed by atoms with Crippen molar-refractivity contribution in [1.29, 1.82) is 0 Å². The summed E-state index contributed by atoms with van der Waals surface area (Å²) in [6.07, 6.45) is 9.05. The van der Waals surface area contributed by atoms with Gasteiger partial charge in [-0.05, 0) is 31.5 Å². The van der Waals surface area contributed by atoms with Crippen LogP contribution in [0.2, 0.25) is 0 Å². The summed E-state index contributed by atoms with van der Waals surface area (Å²) in [5.41, 5.74) is 0.622. The normalized spacial score (nSPS) is 17.6. The van der Waals surface area contributed by atoms with Crippen molar-refractivity contribution in [3.05, 3.63) is 54.8 Å². The number of benzene rings is 1. The van der Waals surface area contributed by atoms with E-state index < -0.39 is 0 Å². The summed E-state index contributed by atoms with van der Waals surface area (Å²) in [6.45, 7) is 5.89. The van der Waals surface area contributed by atoms with Crippen LogP contribution >= 0.6 is 0 Å². The average molecular weight is 367 g/mol. The van der Waals surface area contributed by atoms with Gasteiger partial charge in [0.2, 0.25) is 0 Å². The topological polar surface area (TPSA) is 64.7 Å². The maximum Gasteiger partial charge on any atom is 0.261 e. The van der Waals surface area contributed by atoms with Crippen LogP contribution in [-0.2, 0) is 0 Å². The molecule has 0 aliphatic carbocycles. The number of fused-ring (bicyclic) bond motifs is 1. The molecule has 1 N–H and O–H groups in total. The molecule has 1 saturated heterocycles. The van der Waals surface area contributed by atoms with Crippen LogP contribution in [0.15, 0.2) is 49.3 Å².